The maximum absolute atomic E-state index is 11.2. The molecule has 1 aliphatic carbocycles. The van der Waals surface area contributed by atoms with E-state index in [1.165, 1.54) is 12.2 Å². The summed E-state index contributed by atoms with van der Waals surface area (Å²) in [6.45, 7) is 0. The van der Waals surface area contributed by atoms with Crippen molar-refractivity contribution < 1.29 is 9.59 Å². The average Bonchev–Trinajstić information content (AvgIpc) is 2.33. The molecule has 0 heterocycles. The van der Waals surface area contributed by atoms with E-state index in [1.54, 1.807) is 30.3 Å². The standard InChI is InChI=1S/C12H8N2O2/c13-14-10-4-1-8(2-5-10)9-3-6-11(15)12(16)7-9/h1-7,13H. The van der Waals surface area contributed by atoms with Crippen molar-refractivity contribution in [2.45, 2.75) is 0 Å². The van der Waals surface area contributed by atoms with E-state index in [1.807, 2.05) is 0 Å². The molecule has 0 amide bonds. The summed E-state index contributed by atoms with van der Waals surface area (Å²) in [5.74, 6) is -1.01. The number of hydrogen-bond donors (Lipinski definition) is 1. The second-order valence-electron chi connectivity index (χ2n) is 3.32. The predicted octanol–water partition coefficient (Wildman–Crippen LogP) is 2.44. The summed E-state index contributed by atoms with van der Waals surface area (Å²) in [6.07, 6.45) is 4.19. The van der Waals surface area contributed by atoms with Crippen LogP contribution in [-0.2, 0) is 9.59 Å². The maximum atomic E-state index is 11.2. The predicted molar refractivity (Wildman–Crippen MR) is 58.4 cm³/mol. The van der Waals surface area contributed by atoms with E-state index < -0.39 is 11.6 Å². The highest BCUT2D eigenvalue weighted by Gasteiger charge is 2.13. The van der Waals surface area contributed by atoms with Crippen LogP contribution in [0.4, 0.5) is 5.69 Å². The zero-order chi connectivity index (χ0) is 11.5. The summed E-state index contributed by atoms with van der Waals surface area (Å²) < 4.78 is 0. The van der Waals surface area contributed by atoms with Crippen LogP contribution in [-0.4, -0.2) is 11.6 Å². The number of carbonyl (C=O) groups is 2. The fraction of sp³-hybridized carbons (Fsp3) is 0. The summed E-state index contributed by atoms with van der Waals surface area (Å²) in [6, 6.07) is 6.87. The molecule has 78 valence electrons. The largest absolute Gasteiger partial charge is 0.286 e. The van der Waals surface area contributed by atoms with Crippen molar-refractivity contribution in [3.63, 3.8) is 0 Å². The Kier molecular flexibility index (Phi) is 2.55. The molecule has 1 aromatic rings. The molecule has 0 radical (unpaired) electrons. The third kappa shape index (κ3) is 1.86. The Bertz CT molecular complexity index is 524. The van der Waals surface area contributed by atoms with E-state index >= 15 is 0 Å². The number of nitrogens with one attached hydrogen (secondary N) is 1. The van der Waals surface area contributed by atoms with Gasteiger partial charge in [0.2, 0.25) is 11.6 Å². The van der Waals surface area contributed by atoms with Gasteiger partial charge in [-0.1, -0.05) is 18.2 Å². The first-order valence-electron chi connectivity index (χ1n) is 4.66. The highest BCUT2D eigenvalue weighted by Crippen LogP contribution is 2.21. The number of nitrogens with zero attached hydrogens (tertiary/aromatic N) is 1. The van der Waals surface area contributed by atoms with Crippen molar-refractivity contribution in [3.05, 3.63) is 48.1 Å². The molecule has 4 nitrogen and oxygen atoms in total. The molecular formula is C12H8N2O2. The number of allylic oxidation sites excluding steroid dienone is 4. The molecule has 0 aliphatic heterocycles. The molecule has 0 unspecified atom stereocenters. The molecule has 0 fully saturated rings. The van der Waals surface area contributed by atoms with Crippen molar-refractivity contribution in [2.75, 3.05) is 0 Å². The number of benzene rings is 1. The molecular weight excluding hydrogens is 204 g/mol. The second-order valence-corrected chi connectivity index (χ2v) is 3.32. The van der Waals surface area contributed by atoms with Crippen molar-refractivity contribution in [2.24, 2.45) is 5.11 Å². The van der Waals surface area contributed by atoms with Gasteiger partial charge in [-0.2, -0.15) is 5.11 Å². The lowest BCUT2D eigenvalue weighted by molar-refractivity contribution is -0.131. The van der Waals surface area contributed by atoms with Gasteiger partial charge in [-0.25, -0.2) is 5.53 Å². The van der Waals surface area contributed by atoms with Gasteiger partial charge in [-0.3, -0.25) is 9.59 Å². The molecule has 1 aromatic carbocycles. The van der Waals surface area contributed by atoms with E-state index in [4.69, 9.17) is 5.53 Å². The van der Waals surface area contributed by atoms with E-state index in [-0.39, 0.29) is 0 Å². The van der Waals surface area contributed by atoms with Gasteiger partial charge in [0.1, 0.15) is 0 Å². The van der Waals surface area contributed by atoms with Crippen LogP contribution in [0.1, 0.15) is 5.56 Å². The van der Waals surface area contributed by atoms with Crippen LogP contribution in [0.25, 0.3) is 5.57 Å². The minimum Gasteiger partial charge on any atom is -0.286 e. The quantitative estimate of drug-likeness (QED) is 0.464. The summed E-state index contributed by atoms with van der Waals surface area (Å²) in [5, 5.41) is 3.28. The lowest BCUT2D eigenvalue weighted by atomic mass is 9.98. The van der Waals surface area contributed by atoms with Gasteiger partial charge in [0.25, 0.3) is 0 Å². The molecule has 0 bridgehead atoms. The highest BCUT2D eigenvalue weighted by atomic mass is 16.2. The zero-order valence-electron chi connectivity index (χ0n) is 8.31. The van der Waals surface area contributed by atoms with E-state index in [9.17, 15) is 9.59 Å². The van der Waals surface area contributed by atoms with Gasteiger partial charge in [0, 0.05) is 0 Å². The van der Waals surface area contributed by atoms with Gasteiger partial charge in [-0.15, -0.1) is 0 Å². The van der Waals surface area contributed by atoms with Crippen molar-refractivity contribution in [1.29, 1.82) is 5.53 Å². The molecule has 16 heavy (non-hydrogen) atoms. The smallest absolute Gasteiger partial charge is 0.226 e. The molecule has 0 atom stereocenters. The summed E-state index contributed by atoms with van der Waals surface area (Å²) in [5.41, 5.74) is 8.88. The Labute approximate surface area is 91.8 Å². The maximum Gasteiger partial charge on any atom is 0.226 e. The van der Waals surface area contributed by atoms with E-state index in [2.05, 4.69) is 5.11 Å². The van der Waals surface area contributed by atoms with Crippen molar-refractivity contribution in [3.8, 4) is 0 Å². The molecule has 1 aliphatic rings. The number of ketones is 2. The van der Waals surface area contributed by atoms with Crippen LogP contribution >= 0.6 is 0 Å². The van der Waals surface area contributed by atoms with Crippen LogP contribution in [0.2, 0.25) is 0 Å². The van der Waals surface area contributed by atoms with Crippen molar-refractivity contribution in [1.82, 2.24) is 0 Å². The zero-order valence-corrected chi connectivity index (χ0v) is 8.31. The number of rotatable bonds is 2. The minimum absolute atomic E-state index is 0.499. The Morgan fingerprint density at radius 3 is 2.19 bits per heavy atom. The molecule has 0 aromatic heterocycles. The lowest BCUT2D eigenvalue weighted by Gasteiger charge is -2.05. The van der Waals surface area contributed by atoms with Crippen LogP contribution in [0, 0.1) is 5.53 Å². The first kappa shape index (κ1) is 10.2. The van der Waals surface area contributed by atoms with Gasteiger partial charge in [-0.05, 0) is 35.4 Å². The van der Waals surface area contributed by atoms with E-state index in [0.29, 0.717) is 11.3 Å². The molecule has 1 N–H and O–H groups in total. The van der Waals surface area contributed by atoms with Gasteiger partial charge in [0.15, 0.2) is 0 Å². The average molecular weight is 212 g/mol. The summed E-state index contributed by atoms with van der Waals surface area (Å²) >= 11 is 0. The fourth-order valence-electron chi connectivity index (χ4n) is 1.42. The molecule has 0 saturated heterocycles. The lowest BCUT2D eigenvalue weighted by Crippen LogP contribution is -2.11. The third-order valence-electron chi connectivity index (χ3n) is 2.27. The third-order valence-corrected chi connectivity index (χ3v) is 2.27. The molecule has 4 heteroatoms. The Balaban J connectivity index is 2.35. The SMILES string of the molecule is N=Nc1ccc(C2=CC(=O)C(=O)C=C2)cc1. The fourth-order valence-corrected chi connectivity index (χ4v) is 1.42. The summed E-state index contributed by atoms with van der Waals surface area (Å²) in [4.78, 5) is 22.1. The van der Waals surface area contributed by atoms with Gasteiger partial charge < -0.3 is 0 Å². The number of carbonyl (C=O) groups excluding carboxylic acids is 2. The van der Waals surface area contributed by atoms with E-state index in [0.717, 1.165) is 5.56 Å². The first-order chi connectivity index (χ1) is 7.70. The van der Waals surface area contributed by atoms with Crippen LogP contribution in [0.15, 0.2) is 47.6 Å². The Morgan fingerprint density at radius 1 is 0.938 bits per heavy atom. The van der Waals surface area contributed by atoms with Crippen LogP contribution in [0.3, 0.4) is 0 Å². The minimum atomic E-state index is -0.508. The van der Waals surface area contributed by atoms with Crippen molar-refractivity contribution >= 4 is 22.8 Å². The van der Waals surface area contributed by atoms with Crippen LogP contribution in [0.5, 0.6) is 0 Å². The molecule has 0 spiro atoms. The normalized spacial score (nSPS) is 14.9. The Hall–Kier alpha value is -2.36. The number of hydrogen-bond acceptors (Lipinski definition) is 4. The summed E-state index contributed by atoms with van der Waals surface area (Å²) in [7, 11) is 0. The Morgan fingerprint density at radius 2 is 1.62 bits per heavy atom. The van der Waals surface area contributed by atoms with Gasteiger partial charge >= 0.3 is 0 Å². The molecule has 0 saturated carbocycles. The van der Waals surface area contributed by atoms with Crippen LogP contribution < -0.4 is 0 Å². The topological polar surface area (TPSA) is 70.3 Å². The highest BCUT2D eigenvalue weighted by molar-refractivity contribution is 6.48. The monoisotopic (exact) mass is 212 g/mol. The van der Waals surface area contributed by atoms with Gasteiger partial charge in [0.05, 0.1) is 5.69 Å². The first-order valence-corrected chi connectivity index (χ1v) is 4.66. The molecule has 2 rings (SSSR count). The second kappa shape index (κ2) is 4.02.